The average Bonchev–Trinajstić information content (AvgIpc) is 2.74. The standard InChI is InChI=1S/C13H18N2O2S/c1-8-4-6-15(8)12-11(13(16)17-2)9-3-5-14-7-10(9)18-12/h8,14H,3-7H2,1-2H3. The Morgan fingerprint density at radius 3 is 3.00 bits per heavy atom. The molecule has 1 atom stereocenters. The second kappa shape index (κ2) is 4.55. The summed E-state index contributed by atoms with van der Waals surface area (Å²) in [5, 5.41) is 4.48. The fourth-order valence-corrected chi connectivity index (χ4v) is 4.09. The number of nitrogens with one attached hydrogen (secondary N) is 1. The van der Waals surface area contributed by atoms with Gasteiger partial charge in [-0.1, -0.05) is 0 Å². The van der Waals surface area contributed by atoms with E-state index in [0.717, 1.165) is 36.6 Å². The predicted molar refractivity (Wildman–Crippen MR) is 72.5 cm³/mol. The molecule has 5 heteroatoms. The Balaban J connectivity index is 2.06. The maximum absolute atomic E-state index is 12.1. The zero-order chi connectivity index (χ0) is 12.7. The van der Waals surface area contributed by atoms with E-state index in [1.165, 1.54) is 24.0 Å². The summed E-state index contributed by atoms with van der Waals surface area (Å²) in [7, 11) is 1.47. The number of esters is 1. The molecule has 18 heavy (non-hydrogen) atoms. The van der Waals surface area contributed by atoms with E-state index < -0.39 is 0 Å². The normalized spacial score (nSPS) is 22.3. The lowest BCUT2D eigenvalue weighted by atomic mass is 10.0. The summed E-state index contributed by atoms with van der Waals surface area (Å²) in [4.78, 5) is 15.7. The van der Waals surface area contributed by atoms with Gasteiger partial charge < -0.3 is 15.0 Å². The number of rotatable bonds is 2. The second-order valence-corrected chi connectivity index (χ2v) is 6.02. The molecule has 4 nitrogen and oxygen atoms in total. The van der Waals surface area contributed by atoms with Gasteiger partial charge in [-0.2, -0.15) is 0 Å². The van der Waals surface area contributed by atoms with E-state index in [0.29, 0.717) is 6.04 Å². The third-order valence-corrected chi connectivity index (χ3v) is 5.15. The van der Waals surface area contributed by atoms with Crippen molar-refractivity contribution < 1.29 is 9.53 Å². The Morgan fingerprint density at radius 2 is 2.39 bits per heavy atom. The lowest BCUT2D eigenvalue weighted by Crippen LogP contribution is -2.45. The molecule has 0 amide bonds. The number of anilines is 1. The molecule has 0 saturated carbocycles. The van der Waals surface area contributed by atoms with Crippen molar-refractivity contribution in [3.63, 3.8) is 0 Å². The Hall–Kier alpha value is -1.07. The molecular formula is C13H18N2O2S. The lowest BCUT2D eigenvalue weighted by molar-refractivity contribution is 0.0600. The van der Waals surface area contributed by atoms with E-state index in [4.69, 9.17) is 4.74 Å². The van der Waals surface area contributed by atoms with Crippen molar-refractivity contribution in [3.8, 4) is 0 Å². The van der Waals surface area contributed by atoms with Gasteiger partial charge in [-0.05, 0) is 31.9 Å². The van der Waals surface area contributed by atoms with Crippen molar-refractivity contribution >= 4 is 22.3 Å². The van der Waals surface area contributed by atoms with Crippen molar-refractivity contribution in [3.05, 3.63) is 16.0 Å². The van der Waals surface area contributed by atoms with Gasteiger partial charge in [0, 0.05) is 24.0 Å². The zero-order valence-corrected chi connectivity index (χ0v) is 11.6. The molecule has 98 valence electrons. The highest BCUT2D eigenvalue weighted by Crippen LogP contribution is 2.41. The molecule has 2 aliphatic heterocycles. The van der Waals surface area contributed by atoms with Crippen molar-refractivity contribution in [1.82, 2.24) is 5.32 Å². The molecule has 0 spiro atoms. The van der Waals surface area contributed by atoms with Gasteiger partial charge in [-0.3, -0.25) is 0 Å². The molecular weight excluding hydrogens is 248 g/mol. The fraction of sp³-hybridized carbons (Fsp3) is 0.615. The number of hydrogen-bond acceptors (Lipinski definition) is 5. The quantitative estimate of drug-likeness (QED) is 0.829. The first-order valence-electron chi connectivity index (χ1n) is 6.42. The van der Waals surface area contributed by atoms with Crippen LogP contribution >= 0.6 is 11.3 Å². The van der Waals surface area contributed by atoms with Crippen LogP contribution in [0.1, 0.15) is 34.1 Å². The maximum Gasteiger partial charge on any atom is 0.341 e. The van der Waals surface area contributed by atoms with E-state index >= 15 is 0 Å². The summed E-state index contributed by atoms with van der Waals surface area (Å²) in [5.41, 5.74) is 2.03. The highest BCUT2D eigenvalue weighted by Gasteiger charge is 2.33. The average molecular weight is 266 g/mol. The van der Waals surface area contributed by atoms with E-state index in [1.807, 2.05) is 0 Å². The highest BCUT2D eigenvalue weighted by atomic mass is 32.1. The molecule has 3 heterocycles. The molecule has 0 aromatic carbocycles. The minimum atomic E-state index is -0.177. The van der Waals surface area contributed by atoms with Crippen LogP contribution in [0.5, 0.6) is 0 Å². The Morgan fingerprint density at radius 1 is 1.56 bits per heavy atom. The van der Waals surface area contributed by atoms with Crippen LogP contribution in [0.3, 0.4) is 0 Å². The number of thiophene rings is 1. The van der Waals surface area contributed by atoms with E-state index in [9.17, 15) is 4.79 Å². The first kappa shape index (κ1) is 12.0. The van der Waals surface area contributed by atoms with Crippen LogP contribution in [0.4, 0.5) is 5.00 Å². The van der Waals surface area contributed by atoms with Crippen LogP contribution in [0.25, 0.3) is 0 Å². The number of nitrogens with zero attached hydrogens (tertiary/aromatic N) is 1. The topological polar surface area (TPSA) is 41.6 Å². The molecule has 0 bridgehead atoms. The number of ether oxygens (including phenoxy) is 1. The van der Waals surface area contributed by atoms with Gasteiger partial charge in [0.15, 0.2) is 0 Å². The first-order valence-corrected chi connectivity index (χ1v) is 7.24. The third-order valence-electron chi connectivity index (χ3n) is 3.88. The molecule has 1 aromatic heterocycles. The Bertz CT molecular complexity index is 484. The lowest BCUT2D eigenvalue weighted by Gasteiger charge is -2.40. The molecule has 1 fully saturated rings. The van der Waals surface area contributed by atoms with Gasteiger partial charge in [-0.25, -0.2) is 4.79 Å². The summed E-state index contributed by atoms with van der Waals surface area (Å²) >= 11 is 1.76. The van der Waals surface area contributed by atoms with Gasteiger partial charge in [-0.15, -0.1) is 11.3 Å². The van der Waals surface area contributed by atoms with Crippen LogP contribution in [-0.4, -0.2) is 32.2 Å². The number of hydrogen-bond donors (Lipinski definition) is 1. The number of methoxy groups -OCH3 is 1. The summed E-state index contributed by atoms with van der Waals surface area (Å²) in [5.74, 6) is -0.177. The maximum atomic E-state index is 12.1. The van der Waals surface area contributed by atoms with Crippen molar-refractivity contribution in [2.45, 2.75) is 32.4 Å². The van der Waals surface area contributed by atoms with Gasteiger partial charge in [0.05, 0.1) is 12.7 Å². The van der Waals surface area contributed by atoms with Crippen molar-refractivity contribution in [2.24, 2.45) is 0 Å². The molecule has 0 radical (unpaired) electrons. The summed E-state index contributed by atoms with van der Waals surface area (Å²) < 4.78 is 4.98. The van der Waals surface area contributed by atoms with E-state index in [2.05, 4.69) is 17.1 Å². The van der Waals surface area contributed by atoms with Crippen LogP contribution < -0.4 is 10.2 Å². The minimum absolute atomic E-state index is 0.177. The molecule has 1 unspecified atom stereocenters. The molecule has 1 saturated heterocycles. The number of carbonyl (C=O) groups is 1. The smallest absolute Gasteiger partial charge is 0.341 e. The van der Waals surface area contributed by atoms with Crippen LogP contribution in [0, 0.1) is 0 Å². The first-order chi connectivity index (χ1) is 8.72. The Labute approximate surface area is 111 Å². The second-order valence-electron chi connectivity index (χ2n) is 4.93. The molecule has 1 N–H and O–H groups in total. The van der Waals surface area contributed by atoms with Gasteiger partial charge >= 0.3 is 5.97 Å². The fourth-order valence-electron chi connectivity index (χ4n) is 2.65. The summed E-state index contributed by atoms with van der Waals surface area (Å²) in [6, 6.07) is 0.543. The van der Waals surface area contributed by atoms with E-state index in [-0.39, 0.29) is 5.97 Å². The van der Waals surface area contributed by atoms with Gasteiger partial charge in [0.2, 0.25) is 0 Å². The molecule has 1 aromatic rings. The highest BCUT2D eigenvalue weighted by molar-refractivity contribution is 7.16. The van der Waals surface area contributed by atoms with Crippen LogP contribution in [-0.2, 0) is 17.7 Å². The van der Waals surface area contributed by atoms with E-state index in [1.54, 1.807) is 11.3 Å². The largest absolute Gasteiger partial charge is 0.465 e. The van der Waals surface area contributed by atoms with Crippen molar-refractivity contribution in [1.29, 1.82) is 0 Å². The van der Waals surface area contributed by atoms with Gasteiger partial charge in [0.1, 0.15) is 5.00 Å². The summed E-state index contributed by atoms with van der Waals surface area (Å²) in [6.07, 6.45) is 2.14. The zero-order valence-electron chi connectivity index (χ0n) is 10.8. The summed E-state index contributed by atoms with van der Waals surface area (Å²) in [6.45, 7) is 5.09. The SMILES string of the molecule is COC(=O)c1c(N2CCC2C)sc2c1CCNC2. The number of carbonyl (C=O) groups excluding carboxylic acids is 1. The number of fused-ring (bicyclic) bond motifs is 1. The third kappa shape index (κ3) is 1.73. The van der Waals surface area contributed by atoms with Crippen LogP contribution in [0.15, 0.2) is 0 Å². The molecule has 3 rings (SSSR count). The van der Waals surface area contributed by atoms with Gasteiger partial charge in [0.25, 0.3) is 0 Å². The molecule has 0 aliphatic carbocycles. The predicted octanol–water partition coefficient (Wildman–Crippen LogP) is 1.78. The minimum Gasteiger partial charge on any atom is -0.465 e. The molecule has 2 aliphatic rings. The monoisotopic (exact) mass is 266 g/mol. The Kier molecular flexibility index (Phi) is 3.03. The van der Waals surface area contributed by atoms with Crippen LogP contribution in [0.2, 0.25) is 0 Å². The van der Waals surface area contributed by atoms with Crippen molar-refractivity contribution in [2.75, 3.05) is 25.1 Å².